The molecule has 1 N–H and O–H groups in total. The van der Waals surface area contributed by atoms with Crippen LogP contribution in [-0.2, 0) is 12.4 Å². The predicted octanol–water partition coefficient (Wildman–Crippen LogP) is 4.44. The molecule has 0 unspecified atom stereocenters. The highest BCUT2D eigenvalue weighted by Crippen LogP contribution is 2.39. The summed E-state index contributed by atoms with van der Waals surface area (Å²) >= 11 is 1.26. The molecule has 12 heteroatoms. The van der Waals surface area contributed by atoms with E-state index < -0.39 is 23.5 Å². The van der Waals surface area contributed by atoms with E-state index in [1.807, 2.05) is 0 Å². The number of benzene rings is 1. The third kappa shape index (κ3) is 3.96. The molecule has 2 heterocycles. The van der Waals surface area contributed by atoms with Crippen molar-refractivity contribution in [2.45, 2.75) is 30.4 Å². The molecule has 1 aromatic carbocycles. The van der Waals surface area contributed by atoms with Gasteiger partial charge in [0.2, 0.25) is 5.16 Å². The van der Waals surface area contributed by atoms with E-state index in [0.717, 1.165) is 12.8 Å². The van der Waals surface area contributed by atoms with Gasteiger partial charge >= 0.3 is 12.4 Å². The molecule has 150 valence electrons. The van der Waals surface area contributed by atoms with Gasteiger partial charge in [0.15, 0.2) is 5.82 Å². The smallest absolute Gasteiger partial charge is 0.277 e. The number of hydrogen-bond donors (Lipinski definition) is 1. The minimum atomic E-state index is -4.93. The van der Waals surface area contributed by atoms with Crippen molar-refractivity contribution in [3.8, 4) is 11.4 Å². The molecule has 5 nitrogen and oxygen atoms in total. The number of rotatable bonds is 3. The second kappa shape index (κ2) is 6.68. The third-order valence-corrected chi connectivity index (χ3v) is 5.24. The van der Waals surface area contributed by atoms with Crippen LogP contribution in [-0.4, -0.2) is 33.0 Å². The van der Waals surface area contributed by atoms with Gasteiger partial charge in [-0.1, -0.05) is 11.8 Å². The van der Waals surface area contributed by atoms with Crippen LogP contribution in [0, 0.1) is 5.92 Å². The Morgan fingerprint density at radius 1 is 1.04 bits per heavy atom. The molecule has 0 atom stereocenters. The highest BCUT2D eigenvalue weighted by molar-refractivity contribution is 7.99. The lowest BCUT2D eigenvalue weighted by molar-refractivity contribution is -0.143. The van der Waals surface area contributed by atoms with Gasteiger partial charge < -0.3 is 0 Å². The van der Waals surface area contributed by atoms with Crippen LogP contribution in [0.5, 0.6) is 0 Å². The van der Waals surface area contributed by atoms with E-state index in [2.05, 4.69) is 20.6 Å². The fourth-order valence-corrected chi connectivity index (χ4v) is 3.43. The maximum absolute atomic E-state index is 13.1. The van der Waals surface area contributed by atoms with Gasteiger partial charge in [0.1, 0.15) is 5.84 Å². The van der Waals surface area contributed by atoms with E-state index in [-0.39, 0.29) is 17.5 Å². The Labute approximate surface area is 159 Å². The van der Waals surface area contributed by atoms with Crippen molar-refractivity contribution >= 4 is 17.6 Å². The van der Waals surface area contributed by atoms with Crippen LogP contribution in [0.15, 0.2) is 28.3 Å². The average Bonchev–Trinajstić information content (AvgIpc) is 3.35. The summed E-state index contributed by atoms with van der Waals surface area (Å²) in [6.45, 7) is 0.636. The molecular weight excluding hydrogens is 408 g/mol. The van der Waals surface area contributed by atoms with Crippen LogP contribution < -0.4 is 5.43 Å². The van der Waals surface area contributed by atoms with Gasteiger partial charge in [-0.2, -0.15) is 26.3 Å². The van der Waals surface area contributed by atoms with Crippen molar-refractivity contribution in [2.75, 3.05) is 17.7 Å². The molecule has 0 bridgehead atoms. The lowest BCUT2D eigenvalue weighted by atomic mass is 10.0. The molecule has 0 amide bonds. The van der Waals surface area contributed by atoms with Gasteiger partial charge in [0, 0.05) is 12.1 Å². The second-order valence-corrected chi connectivity index (χ2v) is 7.51. The number of hydrogen-bond acceptors (Lipinski definition) is 4. The van der Waals surface area contributed by atoms with E-state index in [9.17, 15) is 26.3 Å². The number of aromatic nitrogens is 3. The van der Waals surface area contributed by atoms with Gasteiger partial charge in [-0.05, 0) is 37.0 Å². The van der Waals surface area contributed by atoms with Crippen LogP contribution >= 0.6 is 11.8 Å². The average molecular weight is 421 g/mol. The highest BCUT2D eigenvalue weighted by Gasteiger charge is 2.37. The van der Waals surface area contributed by atoms with E-state index >= 15 is 0 Å². The highest BCUT2D eigenvalue weighted by atomic mass is 32.2. The minimum absolute atomic E-state index is 0.0850. The first kappa shape index (κ1) is 19.1. The Morgan fingerprint density at radius 2 is 1.68 bits per heavy atom. The monoisotopic (exact) mass is 421 g/mol. The number of aliphatic imine (C=N–C) groups is 1. The molecule has 1 fully saturated rings. The number of amidine groups is 1. The number of thioether (sulfide) groups is 1. The largest absolute Gasteiger partial charge is 0.416 e. The van der Waals surface area contributed by atoms with Gasteiger partial charge in [0.25, 0.3) is 0 Å². The Balaban J connectivity index is 1.74. The maximum atomic E-state index is 13.1. The standard InChI is InChI=1S/C16H13F6N5S/c17-15(18,19)10-3-9(4-11(5-10)16(20,21)22)13-24-25-14-27(13)26-12(7-28-14)23-6-8-1-2-8/h3-5,8H,1-2,6-7H2,(H,23,26). The fourth-order valence-electron chi connectivity index (χ4n) is 2.65. The summed E-state index contributed by atoms with van der Waals surface area (Å²) in [6, 6.07) is 1.35. The lowest BCUT2D eigenvalue weighted by Gasteiger charge is -2.20. The number of nitrogens with zero attached hydrogens (tertiary/aromatic N) is 4. The summed E-state index contributed by atoms with van der Waals surface area (Å²) in [5.74, 6) is 1.45. The predicted molar refractivity (Wildman–Crippen MR) is 90.6 cm³/mol. The first-order chi connectivity index (χ1) is 13.1. The SMILES string of the molecule is FC(F)(F)c1cc(-c2nnc3n2NC(=NCC2CC2)CS3)cc(C(F)(F)F)c1. The summed E-state index contributed by atoms with van der Waals surface area (Å²) in [4.78, 5) is 4.42. The van der Waals surface area contributed by atoms with E-state index in [4.69, 9.17) is 0 Å². The van der Waals surface area contributed by atoms with Gasteiger partial charge in [0.05, 0.1) is 16.9 Å². The molecule has 4 rings (SSSR count). The van der Waals surface area contributed by atoms with Gasteiger partial charge in [-0.15, -0.1) is 10.2 Å². The van der Waals surface area contributed by atoms with Crippen LogP contribution in [0.25, 0.3) is 11.4 Å². The molecule has 28 heavy (non-hydrogen) atoms. The molecule has 0 saturated heterocycles. The van der Waals surface area contributed by atoms with Crippen LogP contribution in [0.4, 0.5) is 26.3 Å². The summed E-state index contributed by atoms with van der Waals surface area (Å²) in [5, 5.41) is 7.99. The molecule has 1 saturated carbocycles. The topological polar surface area (TPSA) is 55.1 Å². The summed E-state index contributed by atoms with van der Waals surface area (Å²) < 4.78 is 79.9. The molecule has 1 aliphatic heterocycles. The van der Waals surface area contributed by atoms with E-state index in [1.165, 1.54) is 16.4 Å². The molecule has 2 aromatic rings. The van der Waals surface area contributed by atoms with E-state index in [0.29, 0.717) is 41.3 Å². The van der Waals surface area contributed by atoms with Crippen LogP contribution in [0.3, 0.4) is 0 Å². The summed E-state index contributed by atoms with van der Waals surface area (Å²) in [6.07, 6.45) is -7.64. The van der Waals surface area contributed by atoms with Crippen molar-refractivity contribution in [3.05, 3.63) is 29.3 Å². The van der Waals surface area contributed by atoms with Crippen molar-refractivity contribution in [1.82, 2.24) is 14.9 Å². The summed E-state index contributed by atoms with van der Waals surface area (Å²) in [5.41, 5.74) is -0.238. The minimum Gasteiger partial charge on any atom is -0.277 e. The third-order valence-electron chi connectivity index (χ3n) is 4.30. The summed E-state index contributed by atoms with van der Waals surface area (Å²) in [7, 11) is 0. The van der Waals surface area contributed by atoms with E-state index in [1.54, 1.807) is 0 Å². The quantitative estimate of drug-likeness (QED) is 0.745. The fraction of sp³-hybridized carbons (Fsp3) is 0.438. The second-order valence-electron chi connectivity index (χ2n) is 6.57. The Hall–Kier alpha value is -2.24. The van der Waals surface area contributed by atoms with Gasteiger partial charge in [-0.3, -0.25) is 10.4 Å². The molecule has 0 radical (unpaired) electrons. The van der Waals surface area contributed by atoms with Crippen molar-refractivity contribution in [3.63, 3.8) is 0 Å². The number of fused-ring (bicyclic) bond motifs is 1. The number of halogens is 6. The zero-order valence-electron chi connectivity index (χ0n) is 14.1. The normalized spacial score (nSPS) is 18.9. The first-order valence-electron chi connectivity index (χ1n) is 8.29. The Bertz CT molecular complexity index is 896. The zero-order valence-corrected chi connectivity index (χ0v) is 14.9. The molecule has 2 aliphatic rings. The maximum Gasteiger partial charge on any atom is 0.416 e. The first-order valence-corrected chi connectivity index (χ1v) is 9.28. The van der Waals surface area contributed by atoms with Crippen molar-refractivity contribution < 1.29 is 26.3 Å². The number of nitrogens with one attached hydrogen (secondary N) is 1. The lowest BCUT2D eigenvalue weighted by Crippen LogP contribution is -2.30. The molecule has 1 aromatic heterocycles. The molecule has 0 spiro atoms. The molecular formula is C16H13F6N5S. The number of alkyl halides is 6. The van der Waals surface area contributed by atoms with Gasteiger partial charge in [-0.25, -0.2) is 4.68 Å². The zero-order chi connectivity index (χ0) is 20.1. The van der Waals surface area contributed by atoms with Crippen LogP contribution in [0.1, 0.15) is 24.0 Å². The molecule has 1 aliphatic carbocycles. The van der Waals surface area contributed by atoms with Crippen LogP contribution in [0.2, 0.25) is 0 Å². The van der Waals surface area contributed by atoms with Crippen molar-refractivity contribution in [2.24, 2.45) is 10.9 Å². The van der Waals surface area contributed by atoms with Crippen molar-refractivity contribution in [1.29, 1.82) is 0 Å². The Kier molecular flexibility index (Phi) is 4.55. The Morgan fingerprint density at radius 3 is 2.25 bits per heavy atom.